The average Bonchev–Trinajstić information content (AvgIpc) is 3.55. The van der Waals surface area contributed by atoms with E-state index in [-0.39, 0.29) is 23.9 Å². The summed E-state index contributed by atoms with van der Waals surface area (Å²) in [6.07, 6.45) is 3.86. The van der Waals surface area contributed by atoms with Gasteiger partial charge in [0.25, 0.3) is 11.8 Å². The molecule has 5 rings (SSSR count). The Morgan fingerprint density at radius 1 is 1.24 bits per heavy atom. The lowest BCUT2D eigenvalue weighted by molar-refractivity contribution is 0.0469. The van der Waals surface area contributed by atoms with Crippen LogP contribution in [0.2, 0.25) is 0 Å². The zero-order valence-corrected chi connectivity index (χ0v) is 21.7. The van der Waals surface area contributed by atoms with E-state index in [1.54, 1.807) is 31.1 Å². The Labute approximate surface area is 211 Å². The van der Waals surface area contributed by atoms with E-state index in [4.69, 9.17) is 4.74 Å². The molecule has 2 amide bonds. The number of anilines is 1. The van der Waals surface area contributed by atoms with E-state index in [0.29, 0.717) is 22.0 Å². The molecule has 2 atom stereocenters. The molecular weight excluding hydrogens is 488 g/mol. The molecule has 2 saturated heterocycles. The summed E-state index contributed by atoms with van der Waals surface area (Å²) in [5.41, 5.74) is 2.26. The number of aryl methyl sites for hydroxylation is 1. The number of nitrogens with zero attached hydrogens (tertiary/aromatic N) is 3. The summed E-state index contributed by atoms with van der Waals surface area (Å²) in [4.78, 5) is 35.7. The third-order valence-electron chi connectivity index (χ3n) is 6.33. The number of amides is 2. The number of thiazole rings is 1. The summed E-state index contributed by atoms with van der Waals surface area (Å²) in [7, 11) is 3.74. The highest BCUT2D eigenvalue weighted by Gasteiger charge is 2.42. The maximum atomic E-state index is 13.7. The molecule has 1 aromatic carbocycles. The lowest BCUT2D eigenvalue weighted by atomic mass is 10.1. The Morgan fingerprint density at radius 2 is 2.00 bits per heavy atom. The van der Waals surface area contributed by atoms with Crippen molar-refractivity contribution in [2.24, 2.45) is 0 Å². The van der Waals surface area contributed by atoms with E-state index in [9.17, 15) is 9.59 Å². The van der Waals surface area contributed by atoms with Gasteiger partial charge in [0.2, 0.25) is 0 Å². The Balaban J connectivity index is 1.36. The van der Waals surface area contributed by atoms with Crippen LogP contribution >= 0.6 is 34.4 Å². The molecule has 0 radical (unpaired) electrons. The Bertz CT molecular complexity index is 1200. The number of hydrogen-bond acceptors (Lipinski definition) is 8. The van der Waals surface area contributed by atoms with Gasteiger partial charge in [0.1, 0.15) is 5.75 Å². The van der Waals surface area contributed by atoms with E-state index in [2.05, 4.69) is 27.1 Å². The number of ether oxygens (including phenoxy) is 1. The van der Waals surface area contributed by atoms with Crippen molar-refractivity contribution >= 4 is 51.4 Å². The number of benzene rings is 1. The minimum absolute atomic E-state index is 0.0484. The molecule has 178 valence electrons. The van der Waals surface area contributed by atoms with Crippen LogP contribution in [0.1, 0.15) is 39.1 Å². The first-order valence-corrected chi connectivity index (χ1v) is 13.7. The van der Waals surface area contributed by atoms with Crippen LogP contribution in [0.15, 0.2) is 44.3 Å². The molecule has 2 aliphatic rings. The first kappa shape index (κ1) is 23.3. The second kappa shape index (κ2) is 9.69. The van der Waals surface area contributed by atoms with Gasteiger partial charge in [0.15, 0.2) is 5.13 Å². The van der Waals surface area contributed by atoms with Gasteiger partial charge in [-0.05, 0) is 56.0 Å². The van der Waals surface area contributed by atoms with E-state index in [1.165, 1.54) is 22.7 Å². The van der Waals surface area contributed by atoms with Crippen LogP contribution < -0.4 is 10.1 Å². The van der Waals surface area contributed by atoms with Crippen molar-refractivity contribution in [1.82, 2.24) is 14.8 Å². The number of fused-ring (bicyclic) bond motifs is 2. The number of rotatable bonds is 6. The lowest BCUT2D eigenvalue weighted by Crippen LogP contribution is -2.54. The maximum absolute atomic E-state index is 13.7. The standard InChI is InChI=1S/C24H26N4O3S3/c1-14-8-19(31-3)18(23(30)28-16-4-5-17(28)12-27(2)11-16)9-20(14)33-21-10-25-24(34-21)26-22(29)15-6-7-32-13-15/h6-10,13,16-17H,4-5,11-12H2,1-3H3,(H,25,26,29). The first-order valence-electron chi connectivity index (χ1n) is 11.1. The van der Waals surface area contributed by atoms with E-state index < -0.39 is 0 Å². The summed E-state index contributed by atoms with van der Waals surface area (Å²) in [5.74, 6) is 0.494. The second-order valence-electron chi connectivity index (χ2n) is 8.69. The Kier molecular flexibility index (Phi) is 6.65. The van der Waals surface area contributed by atoms with Crippen molar-refractivity contribution in [3.63, 3.8) is 0 Å². The zero-order valence-electron chi connectivity index (χ0n) is 19.2. The molecule has 34 heavy (non-hydrogen) atoms. The van der Waals surface area contributed by atoms with Gasteiger partial charge in [0, 0.05) is 35.4 Å². The molecule has 10 heteroatoms. The van der Waals surface area contributed by atoms with Gasteiger partial charge >= 0.3 is 0 Å². The quantitative estimate of drug-likeness (QED) is 0.507. The fourth-order valence-electron chi connectivity index (χ4n) is 4.73. The minimum Gasteiger partial charge on any atom is -0.496 e. The third-order valence-corrected chi connectivity index (χ3v) is 9.18. The van der Waals surface area contributed by atoms with Crippen LogP contribution in [0.3, 0.4) is 0 Å². The molecule has 0 spiro atoms. The number of carbonyl (C=O) groups is 2. The van der Waals surface area contributed by atoms with Crippen LogP contribution in [0.4, 0.5) is 5.13 Å². The van der Waals surface area contributed by atoms with Crippen molar-refractivity contribution in [3.8, 4) is 5.75 Å². The van der Waals surface area contributed by atoms with Crippen LogP contribution in [0.25, 0.3) is 0 Å². The number of methoxy groups -OCH3 is 1. The first-order chi connectivity index (χ1) is 16.4. The molecule has 4 heterocycles. The second-order valence-corrected chi connectivity index (χ2v) is 11.8. The van der Waals surface area contributed by atoms with Gasteiger partial charge < -0.3 is 14.5 Å². The molecule has 0 aliphatic carbocycles. The summed E-state index contributed by atoms with van der Waals surface area (Å²) in [5, 5.41) is 7.09. The number of thiophene rings is 1. The Morgan fingerprint density at radius 3 is 2.68 bits per heavy atom. The third kappa shape index (κ3) is 4.59. The molecule has 3 aromatic rings. The van der Waals surface area contributed by atoms with Crippen LogP contribution in [-0.4, -0.2) is 65.9 Å². The van der Waals surface area contributed by atoms with Gasteiger partial charge in [0.05, 0.1) is 28.6 Å². The zero-order chi connectivity index (χ0) is 23.8. The highest BCUT2D eigenvalue weighted by molar-refractivity contribution is 8.01. The van der Waals surface area contributed by atoms with Gasteiger partial charge in [-0.15, -0.1) is 0 Å². The summed E-state index contributed by atoms with van der Waals surface area (Å²) >= 11 is 4.45. The molecule has 2 bridgehead atoms. The highest BCUT2D eigenvalue weighted by Crippen LogP contribution is 2.40. The number of nitrogens with one attached hydrogen (secondary N) is 1. The fraction of sp³-hybridized carbons (Fsp3) is 0.375. The molecule has 1 N–H and O–H groups in total. The van der Waals surface area contributed by atoms with Crippen LogP contribution in [0, 0.1) is 6.92 Å². The lowest BCUT2D eigenvalue weighted by Gasteiger charge is -2.39. The molecule has 2 aliphatic heterocycles. The number of likely N-dealkylation sites (tertiary alicyclic amines) is 1. The van der Waals surface area contributed by atoms with Gasteiger partial charge in [-0.25, -0.2) is 4.98 Å². The topological polar surface area (TPSA) is 74.8 Å². The molecular formula is C24H26N4O3S3. The maximum Gasteiger partial charge on any atom is 0.258 e. The van der Waals surface area contributed by atoms with Crippen molar-refractivity contribution < 1.29 is 14.3 Å². The predicted molar refractivity (Wildman–Crippen MR) is 137 cm³/mol. The monoisotopic (exact) mass is 514 g/mol. The molecule has 0 saturated carbocycles. The van der Waals surface area contributed by atoms with E-state index >= 15 is 0 Å². The fourth-order valence-corrected chi connectivity index (χ4v) is 7.30. The van der Waals surface area contributed by atoms with Crippen LogP contribution in [-0.2, 0) is 0 Å². The van der Waals surface area contributed by atoms with Crippen molar-refractivity contribution in [2.45, 2.75) is 41.0 Å². The molecule has 2 fully saturated rings. The smallest absolute Gasteiger partial charge is 0.258 e. The van der Waals surface area contributed by atoms with Gasteiger partial charge in [-0.3, -0.25) is 14.9 Å². The van der Waals surface area contributed by atoms with Crippen molar-refractivity contribution in [3.05, 3.63) is 51.8 Å². The number of hydrogen-bond donors (Lipinski definition) is 1. The number of carbonyl (C=O) groups excluding carboxylic acids is 2. The highest BCUT2D eigenvalue weighted by atomic mass is 32.2. The van der Waals surface area contributed by atoms with E-state index in [0.717, 1.165) is 40.6 Å². The van der Waals surface area contributed by atoms with Crippen molar-refractivity contribution in [1.29, 1.82) is 0 Å². The Hall–Kier alpha value is -2.40. The minimum atomic E-state index is -0.164. The number of likely N-dealkylation sites (N-methyl/N-ethyl adjacent to an activating group) is 1. The molecule has 2 aromatic heterocycles. The number of piperazine rings is 1. The van der Waals surface area contributed by atoms with Crippen LogP contribution in [0.5, 0.6) is 5.75 Å². The predicted octanol–water partition coefficient (Wildman–Crippen LogP) is 4.84. The summed E-state index contributed by atoms with van der Waals surface area (Å²) in [6, 6.07) is 6.19. The molecule has 2 unspecified atom stereocenters. The number of aromatic nitrogens is 1. The molecule has 7 nitrogen and oxygen atoms in total. The SMILES string of the molecule is COc1cc(C)c(Sc2cnc(NC(=O)c3ccsc3)s2)cc1C(=O)N1C2CCC1CN(C)C2. The van der Waals surface area contributed by atoms with Gasteiger partial charge in [-0.1, -0.05) is 23.1 Å². The average molecular weight is 515 g/mol. The normalized spacial score (nSPS) is 19.9. The van der Waals surface area contributed by atoms with Gasteiger partial charge in [-0.2, -0.15) is 11.3 Å². The van der Waals surface area contributed by atoms with E-state index in [1.807, 2.05) is 29.8 Å². The summed E-state index contributed by atoms with van der Waals surface area (Å²) in [6.45, 7) is 3.84. The largest absolute Gasteiger partial charge is 0.496 e. The summed E-state index contributed by atoms with van der Waals surface area (Å²) < 4.78 is 6.55. The van der Waals surface area contributed by atoms with Crippen molar-refractivity contribution in [2.75, 3.05) is 32.6 Å².